The molecule has 13 nitrogen and oxygen atoms in total. The first kappa shape index (κ1) is 33.6. The maximum atomic E-state index is 13.5. The number of amides is 3. The Bertz CT molecular complexity index is 1220. The van der Waals surface area contributed by atoms with E-state index in [9.17, 15) is 39.6 Å². The van der Waals surface area contributed by atoms with Gasteiger partial charge in [-0.05, 0) is 30.5 Å². The molecule has 1 saturated heterocycles. The summed E-state index contributed by atoms with van der Waals surface area (Å²) in [7, 11) is 1.41. The van der Waals surface area contributed by atoms with Gasteiger partial charge in [0.25, 0.3) is 5.91 Å². The molecule has 3 amide bonds. The van der Waals surface area contributed by atoms with Gasteiger partial charge >= 0.3 is 5.97 Å². The molecule has 0 bridgehead atoms. The van der Waals surface area contributed by atoms with Gasteiger partial charge in [0.1, 0.15) is 30.4 Å². The smallest absolute Gasteiger partial charge is 0.329 e. The van der Waals surface area contributed by atoms with Crippen molar-refractivity contribution < 1.29 is 49.4 Å². The minimum Gasteiger partial charge on any atom is -0.455 e. The van der Waals surface area contributed by atoms with Gasteiger partial charge in [-0.3, -0.25) is 14.4 Å². The van der Waals surface area contributed by atoms with Crippen LogP contribution in [0.2, 0.25) is 0 Å². The molecule has 0 radical (unpaired) electrons. The Morgan fingerprint density at radius 2 is 1.56 bits per heavy atom. The minimum absolute atomic E-state index is 0.173. The van der Waals surface area contributed by atoms with Gasteiger partial charge in [0, 0.05) is 25.6 Å². The fourth-order valence-electron chi connectivity index (χ4n) is 4.85. The number of nitrogens with zero attached hydrogens (tertiary/aromatic N) is 2. The number of ether oxygens (including phenoxy) is 1. The number of carbonyl (C=O) groups is 4. The molecular weight excluding hydrogens is 562 g/mol. The Labute approximate surface area is 249 Å². The van der Waals surface area contributed by atoms with Gasteiger partial charge in [0.15, 0.2) is 6.10 Å². The Hall–Kier alpha value is -3.88. The average molecular weight is 602 g/mol. The van der Waals surface area contributed by atoms with Crippen molar-refractivity contribution in [3.63, 3.8) is 0 Å². The van der Waals surface area contributed by atoms with Crippen LogP contribution in [0.1, 0.15) is 28.8 Å². The van der Waals surface area contributed by atoms with Crippen molar-refractivity contribution in [2.24, 2.45) is 0 Å². The summed E-state index contributed by atoms with van der Waals surface area (Å²) in [6, 6.07) is 15.4. The predicted octanol–water partition coefficient (Wildman–Crippen LogP) is -1.54. The van der Waals surface area contributed by atoms with Crippen molar-refractivity contribution in [1.82, 2.24) is 15.1 Å². The van der Waals surface area contributed by atoms with Crippen LogP contribution >= 0.6 is 0 Å². The van der Waals surface area contributed by atoms with Crippen molar-refractivity contribution in [1.29, 1.82) is 0 Å². The topological polar surface area (TPSA) is 197 Å². The molecule has 0 aliphatic carbocycles. The summed E-state index contributed by atoms with van der Waals surface area (Å²) in [6.45, 7) is -2.03. The van der Waals surface area contributed by atoms with Gasteiger partial charge in [0.2, 0.25) is 11.8 Å². The second-order valence-electron chi connectivity index (χ2n) is 10.4. The SMILES string of the molecule is CN(CC(=O)N1CCC[C@@H]1C(=O)O[C@H]([C@H](O)[C@H](O)CO)[C@H](O)CO)C(=O)[C@@H](Cc1ccccc1)NC(=O)c1ccccc1. The third kappa shape index (κ3) is 9.05. The summed E-state index contributed by atoms with van der Waals surface area (Å²) >= 11 is 0. The fraction of sp³-hybridized carbons (Fsp3) is 0.467. The number of carbonyl (C=O) groups excluding carboxylic acids is 4. The van der Waals surface area contributed by atoms with Gasteiger partial charge in [-0.1, -0.05) is 48.5 Å². The zero-order valence-electron chi connectivity index (χ0n) is 23.9. The predicted molar refractivity (Wildman–Crippen MR) is 152 cm³/mol. The molecule has 6 N–H and O–H groups in total. The van der Waals surface area contributed by atoms with E-state index in [2.05, 4.69) is 5.32 Å². The summed E-state index contributed by atoms with van der Waals surface area (Å²) < 4.78 is 5.20. The Morgan fingerprint density at radius 1 is 0.953 bits per heavy atom. The van der Waals surface area contributed by atoms with Crippen molar-refractivity contribution in [2.75, 3.05) is 33.4 Å². The van der Waals surface area contributed by atoms with Gasteiger partial charge in [-0.2, -0.15) is 0 Å². The maximum Gasteiger partial charge on any atom is 0.329 e. The number of hydrogen-bond acceptors (Lipinski definition) is 10. The summed E-state index contributed by atoms with van der Waals surface area (Å²) in [5.41, 5.74) is 1.16. The van der Waals surface area contributed by atoms with Crippen LogP contribution < -0.4 is 5.32 Å². The molecular formula is C30H39N3O10. The number of esters is 1. The highest BCUT2D eigenvalue weighted by molar-refractivity contribution is 5.98. The summed E-state index contributed by atoms with van der Waals surface area (Å²) in [4.78, 5) is 55.1. The lowest BCUT2D eigenvalue weighted by molar-refractivity contribution is -0.182. The molecule has 0 unspecified atom stereocenters. The molecule has 2 aromatic carbocycles. The Morgan fingerprint density at radius 3 is 2.16 bits per heavy atom. The third-order valence-electron chi connectivity index (χ3n) is 7.25. The van der Waals surface area contributed by atoms with E-state index in [1.54, 1.807) is 30.3 Å². The first-order valence-electron chi connectivity index (χ1n) is 14.0. The molecule has 1 aliphatic heterocycles. The van der Waals surface area contributed by atoms with Gasteiger partial charge in [-0.15, -0.1) is 0 Å². The van der Waals surface area contributed by atoms with Crippen LogP contribution in [-0.4, -0.2) is 129 Å². The van der Waals surface area contributed by atoms with Crippen molar-refractivity contribution in [2.45, 2.75) is 55.8 Å². The van der Waals surface area contributed by atoms with Gasteiger partial charge < -0.3 is 45.4 Å². The zero-order valence-corrected chi connectivity index (χ0v) is 23.9. The number of likely N-dealkylation sites (N-methyl/N-ethyl adjacent to an activating group) is 1. The molecule has 2 aromatic rings. The molecule has 0 aromatic heterocycles. The lowest BCUT2D eigenvalue weighted by Crippen LogP contribution is -2.54. The summed E-state index contributed by atoms with van der Waals surface area (Å²) in [6.07, 6.45) is -6.39. The lowest BCUT2D eigenvalue weighted by atomic mass is 10.0. The standard InChI is InChI=1S/C30H39N3O10/c1-32(29(41)21(15-19-9-4-2-5-10-19)31-28(40)20-11-6-3-7-12-20)16-25(38)33-14-8-13-22(33)30(42)43-27(24(37)18-35)26(39)23(36)17-34/h2-7,9-12,21-24,26-27,34-37,39H,8,13-18H2,1H3,(H,31,40)/t21-,22-,23-,24-,26-,27+/m1/s1. The molecule has 0 spiro atoms. The van der Waals surface area contributed by atoms with E-state index in [1.165, 1.54) is 16.8 Å². The van der Waals surface area contributed by atoms with Crippen LogP contribution in [0.15, 0.2) is 60.7 Å². The van der Waals surface area contributed by atoms with Crippen LogP contribution in [0.25, 0.3) is 0 Å². The number of hydrogen-bond donors (Lipinski definition) is 6. The van der Waals surface area contributed by atoms with Crippen LogP contribution in [-0.2, 0) is 25.5 Å². The molecule has 43 heavy (non-hydrogen) atoms. The van der Waals surface area contributed by atoms with Crippen LogP contribution in [0.4, 0.5) is 0 Å². The van der Waals surface area contributed by atoms with E-state index in [-0.39, 0.29) is 19.4 Å². The molecule has 3 rings (SSSR count). The molecule has 1 fully saturated rings. The second-order valence-corrected chi connectivity index (χ2v) is 10.4. The first-order chi connectivity index (χ1) is 20.6. The molecule has 1 heterocycles. The first-order valence-corrected chi connectivity index (χ1v) is 14.0. The largest absolute Gasteiger partial charge is 0.455 e. The number of aliphatic hydroxyl groups excluding tert-OH is 5. The number of rotatable bonds is 14. The van der Waals surface area contributed by atoms with Crippen LogP contribution in [0, 0.1) is 0 Å². The molecule has 1 aliphatic rings. The lowest BCUT2D eigenvalue weighted by Gasteiger charge is -2.32. The zero-order chi connectivity index (χ0) is 31.5. The Kier molecular flexibility index (Phi) is 12.6. The highest BCUT2D eigenvalue weighted by Crippen LogP contribution is 2.21. The average Bonchev–Trinajstić information content (AvgIpc) is 3.53. The quantitative estimate of drug-likeness (QED) is 0.138. The van der Waals surface area contributed by atoms with Crippen molar-refractivity contribution >= 4 is 23.7 Å². The van der Waals surface area contributed by atoms with E-state index < -0.39 is 79.9 Å². The molecule has 6 atom stereocenters. The molecule has 13 heteroatoms. The van der Waals surface area contributed by atoms with E-state index >= 15 is 0 Å². The van der Waals surface area contributed by atoms with E-state index in [1.807, 2.05) is 30.3 Å². The Balaban J connectivity index is 1.70. The highest BCUT2D eigenvalue weighted by Gasteiger charge is 2.41. The normalized spacial score (nSPS) is 18.2. The monoisotopic (exact) mass is 601 g/mol. The maximum absolute atomic E-state index is 13.5. The second kappa shape index (κ2) is 16.1. The van der Waals surface area contributed by atoms with Gasteiger partial charge in [0.05, 0.1) is 19.8 Å². The fourth-order valence-corrected chi connectivity index (χ4v) is 4.85. The van der Waals surface area contributed by atoms with Gasteiger partial charge in [-0.25, -0.2) is 4.79 Å². The van der Waals surface area contributed by atoms with Crippen LogP contribution in [0.3, 0.4) is 0 Å². The summed E-state index contributed by atoms with van der Waals surface area (Å²) in [5, 5.41) is 51.2. The number of likely N-dealkylation sites (tertiary alicyclic amines) is 1. The molecule has 234 valence electrons. The number of benzene rings is 2. The van der Waals surface area contributed by atoms with Crippen LogP contribution in [0.5, 0.6) is 0 Å². The van der Waals surface area contributed by atoms with E-state index in [4.69, 9.17) is 9.84 Å². The van der Waals surface area contributed by atoms with Crippen molar-refractivity contribution in [3.8, 4) is 0 Å². The molecule has 0 saturated carbocycles. The minimum atomic E-state index is -1.90. The number of aliphatic hydroxyl groups is 5. The van der Waals surface area contributed by atoms with E-state index in [0.29, 0.717) is 12.0 Å². The third-order valence-corrected chi connectivity index (χ3v) is 7.25. The summed E-state index contributed by atoms with van der Waals surface area (Å²) in [5.74, 6) is -2.53. The number of nitrogens with one attached hydrogen (secondary N) is 1. The van der Waals surface area contributed by atoms with Crippen molar-refractivity contribution in [3.05, 3.63) is 71.8 Å². The van der Waals surface area contributed by atoms with E-state index in [0.717, 1.165) is 5.56 Å². The highest BCUT2D eigenvalue weighted by atomic mass is 16.6.